The van der Waals surface area contributed by atoms with Crippen molar-refractivity contribution >= 4 is 28.4 Å². The second-order valence-corrected chi connectivity index (χ2v) is 6.88. The maximum absolute atomic E-state index is 12.5. The third-order valence-corrected chi connectivity index (χ3v) is 4.75. The number of ketones is 2. The number of ether oxygens (including phenoxy) is 2. The predicted octanol–water partition coefficient (Wildman–Crippen LogP) is 4.18. The van der Waals surface area contributed by atoms with Gasteiger partial charge >= 0.3 is 5.97 Å². The summed E-state index contributed by atoms with van der Waals surface area (Å²) >= 11 is 0. The van der Waals surface area contributed by atoms with Crippen molar-refractivity contribution < 1.29 is 23.9 Å². The molecular weight excluding hydrogens is 370 g/mol. The third kappa shape index (κ3) is 4.54. The van der Waals surface area contributed by atoms with Gasteiger partial charge in [-0.25, -0.2) is 0 Å². The van der Waals surface area contributed by atoms with Crippen molar-refractivity contribution in [3.8, 4) is 5.75 Å². The molecule has 0 saturated heterocycles. The van der Waals surface area contributed by atoms with Gasteiger partial charge in [-0.3, -0.25) is 14.4 Å². The number of methoxy groups -OCH3 is 1. The number of hydrogen-bond donors (Lipinski definition) is 1. The highest BCUT2D eigenvalue weighted by Gasteiger charge is 2.19. The minimum atomic E-state index is -0.587. The van der Waals surface area contributed by atoms with Gasteiger partial charge in [0.15, 0.2) is 12.4 Å². The van der Waals surface area contributed by atoms with Crippen molar-refractivity contribution in [1.82, 2.24) is 4.98 Å². The number of benzene rings is 2. The lowest BCUT2D eigenvalue weighted by Crippen LogP contribution is -2.15. The van der Waals surface area contributed by atoms with E-state index < -0.39 is 5.97 Å². The largest absolute Gasteiger partial charge is 0.496 e. The quantitative estimate of drug-likeness (QED) is 0.458. The van der Waals surface area contributed by atoms with Crippen molar-refractivity contribution in [2.75, 3.05) is 13.7 Å². The Bertz CT molecular complexity index is 1080. The number of carbonyl (C=O) groups is 3. The highest BCUT2D eigenvalue weighted by Crippen LogP contribution is 2.23. The molecule has 0 fully saturated rings. The summed E-state index contributed by atoms with van der Waals surface area (Å²) in [6, 6.07) is 12.8. The number of carbonyl (C=O) groups excluding carboxylic acids is 3. The minimum absolute atomic E-state index is 0.0149. The molecule has 0 saturated carbocycles. The number of aryl methyl sites for hydroxylation is 2. The van der Waals surface area contributed by atoms with Gasteiger partial charge in [0.25, 0.3) is 0 Å². The lowest BCUT2D eigenvalue weighted by atomic mass is 10.0. The molecule has 0 spiro atoms. The Labute approximate surface area is 168 Å². The average molecular weight is 393 g/mol. The van der Waals surface area contributed by atoms with E-state index in [1.807, 2.05) is 44.2 Å². The van der Waals surface area contributed by atoms with E-state index in [1.165, 1.54) is 7.11 Å². The molecule has 0 amide bonds. The molecule has 0 aliphatic rings. The van der Waals surface area contributed by atoms with Crippen LogP contribution in [-0.4, -0.2) is 36.2 Å². The second kappa shape index (κ2) is 8.73. The van der Waals surface area contributed by atoms with E-state index in [4.69, 9.17) is 9.47 Å². The van der Waals surface area contributed by atoms with E-state index in [-0.39, 0.29) is 31.0 Å². The molecular formula is C23H23NO5. The van der Waals surface area contributed by atoms with Crippen molar-refractivity contribution in [2.45, 2.75) is 26.7 Å². The zero-order chi connectivity index (χ0) is 21.0. The number of hydrogen-bond acceptors (Lipinski definition) is 5. The number of aromatic nitrogens is 1. The highest BCUT2D eigenvalue weighted by molar-refractivity contribution is 6.10. The number of esters is 1. The Morgan fingerprint density at radius 1 is 0.966 bits per heavy atom. The normalized spacial score (nSPS) is 10.7. The molecule has 0 aliphatic heterocycles. The van der Waals surface area contributed by atoms with Gasteiger partial charge in [-0.15, -0.1) is 0 Å². The molecule has 3 aromatic rings. The van der Waals surface area contributed by atoms with Crippen LogP contribution in [0.15, 0.2) is 42.5 Å². The fourth-order valence-corrected chi connectivity index (χ4v) is 3.32. The van der Waals surface area contributed by atoms with E-state index in [0.29, 0.717) is 16.9 Å². The van der Waals surface area contributed by atoms with Gasteiger partial charge in [0, 0.05) is 28.6 Å². The van der Waals surface area contributed by atoms with E-state index in [1.54, 1.807) is 12.1 Å². The fourth-order valence-electron chi connectivity index (χ4n) is 3.32. The Morgan fingerprint density at radius 3 is 2.48 bits per heavy atom. The molecule has 0 aliphatic carbocycles. The van der Waals surface area contributed by atoms with Crippen LogP contribution in [0.5, 0.6) is 5.75 Å². The number of H-pyrrole nitrogens is 1. The van der Waals surface area contributed by atoms with E-state index in [2.05, 4.69) is 4.98 Å². The summed E-state index contributed by atoms with van der Waals surface area (Å²) in [6.45, 7) is 3.33. The smallest absolute Gasteiger partial charge is 0.306 e. The summed E-state index contributed by atoms with van der Waals surface area (Å²) in [4.78, 5) is 40.2. The van der Waals surface area contributed by atoms with Crippen molar-refractivity contribution in [3.63, 3.8) is 0 Å². The summed E-state index contributed by atoms with van der Waals surface area (Å²) in [7, 11) is 1.49. The number of Topliss-reactive ketones (excluding diaryl/α,β-unsaturated/α-hetero) is 2. The van der Waals surface area contributed by atoms with E-state index in [9.17, 15) is 14.4 Å². The lowest BCUT2D eigenvalue weighted by molar-refractivity contribution is -0.142. The van der Waals surface area contributed by atoms with Crippen LogP contribution >= 0.6 is 0 Å². The fraction of sp³-hybridized carbons (Fsp3) is 0.261. The van der Waals surface area contributed by atoms with E-state index in [0.717, 1.165) is 22.2 Å². The summed E-state index contributed by atoms with van der Waals surface area (Å²) in [5.41, 5.74) is 3.47. The first-order valence-electron chi connectivity index (χ1n) is 9.34. The molecule has 0 bridgehead atoms. The zero-order valence-corrected chi connectivity index (χ0v) is 16.7. The zero-order valence-electron chi connectivity index (χ0n) is 16.7. The molecule has 0 unspecified atom stereocenters. The molecule has 1 aromatic heterocycles. The van der Waals surface area contributed by atoms with Crippen LogP contribution in [0, 0.1) is 13.8 Å². The van der Waals surface area contributed by atoms with Gasteiger partial charge < -0.3 is 14.5 Å². The minimum Gasteiger partial charge on any atom is -0.496 e. The SMILES string of the molecule is COc1ccc(C)cc1C(=O)CCC(=O)OCC(=O)c1c(C)[nH]c2ccccc12. The van der Waals surface area contributed by atoms with Crippen molar-refractivity contribution in [2.24, 2.45) is 0 Å². The molecule has 2 aromatic carbocycles. The Hall–Kier alpha value is -3.41. The predicted molar refractivity (Wildman–Crippen MR) is 110 cm³/mol. The topological polar surface area (TPSA) is 85.5 Å². The van der Waals surface area contributed by atoms with Gasteiger partial charge in [0.2, 0.25) is 5.78 Å². The second-order valence-electron chi connectivity index (χ2n) is 6.88. The highest BCUT2D eigenvalue weighted by atomic mass is 16.5. The molecule has 0 atom stereocenters. The van der Waals surface area contributed by atoms with Crippen LogP contribution in [0.3, 0.4) is 0 Å². The number of aromatic amines is 1. The lowest BCUT2D eigenvalue weighted by Gasteiger charge is -2.09. The molecule has 3 rings (SSSR count). The van der Waals surface area contributed by atoms with Crippen LogP contribution < -0.4 is 4.74 Å². The summed E-state index contributed by atoms with van der Waals surface area (Å²) in [5, 5.41) is 0.799. The van der Waals surface area contributed by atoms with Crippen LogP contribution in [0.4, 0.5) is 0 Å². The van der Waals surface area contributed by atoms with Gasteiger partial charge in [-0.05, 0) is 32.0 Å². The first-order valence-corrected chi connectivity index (χ1v) is 9.34. The molecule has 6 heteroatoms. The van der Waals surface area contributed by atoms with Crippen LogP contribution in [-0.2, 0) is 9.53 Å². The molecule has 6 nitrogen and oxygen atoms in total. The van der Waals surface area contributed by atoms with Crippen LogP contribution in [0.25, 0.3) is 10.9 Å². The Balaban J connectivity index is 1.57. The number of rotatable bonds is 8. The standard InChI is InChI=1S/C23H23NO5/c1-14-8-10-21(28-3)17(12-14)19(25)9-11-22(27)29-13-20(26)23-15(2)24-18-7-5-4-6-16(18)23/h4-8,10,12,24H,9,11,13H2,1-3H3. The van der Waals surface area contributed by atoms with Crippen LogP contribution in [0.1, 0.15) is 44.8 Å². The number of nitrogens with one attached hydrogen (secondary N) is 1. The van der Waals surface area contributed by atoms with Gasteiger partial charge in [-0.1, -0.05) is 29.8 Å². The molecule has 150 valence electrons. The Kier molecular flexibility index (Phi) is 6.12. The number of para-hydroxylation sites is 1. The first kappa shape index (κ1) is 20.3. The maximum atomic E-state index is 12.5. The number of fused-ring (bicyclic) bond motifs is 1. The maximum Gasteiger partial charge on any atom is 0.306 e. The van der Waals surface area contributed by atoms with Crippen molar-refractivity contribution in [3.05, 3.63) is 64.8 Å². The molecule has 29 heavy (non-hydrogen) atoms. The Morgan fingerprint density at radius 2 is 1.72 bits per heavy atom. The average Bonchev–Trinajstić information content (AvgIpc) is 3.05. The summed E-state index contributed by atoms with van der Waals surface area (Å²) in [6.07, 6.45) is -0.116. The summed E-state index contributed by atoms with van der Waals surface area (Å²) < 4.78 is 10.3. The van der Waals surface area contributed by atoms with E-state index >= 15 is 0 Å². The summed E-state index contributed by atoms with van der Waals surface area (Å²) in [5.74, 6) is -0.601. The molecule has 1 N–H and O–H groups in total. The van der Waals surface area contributed by atoms with Crippen LogP contribution in [0.2, 0.25) is 0 Å². The third-order valence-electron chi connectivity index (χ3n) is 4.75. The molecule has 0 radical (unpaired) electrons. The first-order chi connectivity index (χ1) is 13.9. The monoisotopic (exact) mass is 393 g/mol. The van der Waals surface area contributed by atoms with Gasteiger partial charge in [0.1, 0.15) is 5.75 Å². The van der Waals surface area contributed by atoms with Gasteiger partial charge in [0.05, 0.1) is 19.1 Å². The van der Waals surface area contributed by atoms with Crippen molar-refractivity contribution in [1.29, 1.82) is 0 Å². The van der Waals surface area contributed by atoms with Gasteiger partial charge in [-0.2, -0.15) is 0 Å². The molecule has 1 heterocycles.